The van der Waals surface area contributed by atoms with Crippen molar-refractivity contribution < 1.29 is 14.3 Å². The zero-order valence-corrected chi connectivity index (χ0v) is 20.9. The van der Waals surface area contributed by atoms with Crippen molar-refractivity contribution in [3.05, 3.63) is 51.7 Å². The molecule has 0 aliphatic carbocycles. The molecule has 7 heteroatoms. The number of hydrogen-bond acceptors (Lipinski definition) is 5. The zero-order chi connectivity index (χ0) is 23.5. The van der Waals surface area contributed by atoms with E-state index in [-0.39, 0.29) is 23.9 Å². The molecular weight excluding hydrogens is 434 g/mol. The Morgan fingerprint density at radius 2 is 1.85 bits per heavy atom. The van der Waals surface area contributed by atoms with Crippen LogP contribution >= 0.6 is 11.3 Å². The number of piperazine rings is 1. The second-order valence-electron chi connectivity index (χ2n) is 9.57. The van der Waals surface area contributed by atoms with Crippen molar-refractivity contribution in [2.75, 3.05) is 39.8 Å². The van der Waals surface area contributed by atoms with Crippen molar-refractivity contribution in [1.82, 2.24) is 14.7 Å². The van der Waals surface area contributed by atoms with Gasteiger partial charge in [0.15, 0.2) is 0 Å². The van der Waals surface area contributed by atoms with Gasteiger partial charge in [0.2, 0.25) is 11.8 Å². The summed E-state index contributed by atoms with van der Waals surface area (Å²) < 4.78 is 5.34. The van der Waals surface area contributed by atoms with Crippen LogP contribution in [0.25, 0.3) is 0 Å². The molecule has 2 aliphatic heterocycles. The van der Waals surface area contributed by atoms with E-state index in [0.29, 0.717) is 38.5 Å². The second kappa shape index (κ2) is 10.3. The Balaban J connectivity index is 1.46. The molecule has 0 saturated carbocycles. The van der Waals surface area contributed by atoms with E-state index in [0.717, 1.165) is 18.7 Å². The summed E-state index contributed by atoms with van der Waals surface area (Å²) >= 11 is 1.80. The molecule has 0 spiro atoms. The van der Waals surface area contributed by atoms with Crippen LogP contribution in [-0.4, -0.2) is 72.4 Å². The highest BCUT2D eigenvalue weighted by molar-refractivity contribution is 7.10. The molecule has 6 nitrogen and oxygen atoms in total. The molecule has 2 aliphatic rings. The van der Waals surface area contributed by atoms with Crippen LogP contribution in [0, 0.1) is 5.92 Å². The van der Waals surface area contributed by atoms with Gasteiger partial charge in [-0.05, 0) is 54.0 Å². The number of hydrogen-bond donors (Lipinski definition) is 0. The van der Waals surface area contributed by atoms with E-state index >= 15 is 0 Å². The third-order valence-electron chi connectivity index (χ3n) is 6.72. The van der Waals surface area contributed by atoms with Gasteiger partial charge >= 0.3 is 0 Å². The maximum absolute atomic E-state index is 13.4. The lowest BCUT2D eigenvalue weighted by atomic mass is 9.93. The highest BCUT2D eigenvalue weighted by Crippen LogP contribution is 2.38. The third kappa shape index (κ3) is 5.25. The second-order valence-corrected chi connectivity index (χ2v) is 10.6. The largest absolute Gasteiger partial charge is 0.497 e. The van der Waals surface area contributed by atoms with E-state index in [1.807, 2.05) is 21.9 Å². The van der Waals surface area contributed by atoms with Gasteiger partial charge in [-0.25, -0.2) is 0 Å². The molecule has 4 rings (SSSR count). The van der Waals surface area contributed by atoms with Crippen molar-refractivity contribution >= 4 is 23.2 Å². The Bertz CT molecular complexity index is 971. The summed E-state index contributed by atoms with van der Waals surface area (Å²) in [6.07, 6.45) is 1.54. The summed E-state index contributed by atoms with van der Waals surface area (Å²) in [6, 6.07) is 10.5. The molecule has 1 aromatic heterocycles. The molecule has 3 heterocycles. The number of fused-ring (bicyclic) bond motifs is 1. The van der Waals surface area contributed by atoms with E-state index in [9.17, 15) is 9.59 Å². The Morgan fingerprint density at radius 1 is 1.09 bits per heavy atom. The van der Waals surface area contributed by atoms with Crippen molar-refractivity contribution in [3.8, 4) is 5.75 Å². The van der Waals surface area contributed by atoms with Gasteiger partial charge in [0.1, 0.15) is 5.75 Å². The number of methoxy groups -OCH3 is 1. The fraction of sp³-hybridized carbons (Fsp3) is 0.538. The number of amides is 2. The zero-order valence-electron chi connectivity index (χ0n) is 20.1. The summed E-state index contributed by atoms with van der Waals surface area (Å²) in [7, 11) is 1.68. The first-order valence-electron chi connectivity index (χ1n) is 11.9. The minimum absolute atomic E-state index is 0.0520. The van der Waals surface area contributed by atoms with Crippen LogP contribution in [0.1, 0.15) is 49.2 Å². The van der Waals surface area contributed by atoms with E-state index in [4.69, 9.17) is 4.74 Å². The number of nitrogens with zero attached hydrogens (tertiary/aromatic N) is 3. The maximum atomic E-state index is 13.4. The first-order chi connectivity index (χ1) is 15.9. The topological polar surface area (TPSA) is 53.1 Å². The molecule has 0 bridgehead atoms. The number of carbonyl (C=O) groups is 2. The lowest BCUT2D eigenvalue weighted by Gasteiger charge is -2.42. The van der Waals surface area contributed by atoms with Crippen LogP contribution in [0.4, 0.5) is 0 Å². The Hall–Kier alpha value is -2.38. The lowest BCUT2D eigenvalue weighted by Crippen LogP contribution is -2.57. The summed E-state index contributed by atoms with van der Waals surface area (Å²) in [6.45, 7) is 9.27. The summed E-state index contributed by atoms with van der Waals surface area (Å²) in [5.74, 6) is 1.53. The normalized spacial score (nSPS) is 21.2. The van der Waals surface area contributed by atoms with Crippen LogP contribution in [0.15, 0.2) is 35.7 Å². The van der Waals surface area contributed by atoms with E-state index < -0.39 is 0 Å². The van der Waals surface area contributed by atoms with Crippen molar-refractivity contribution in [2.24, 2.45) is 5.92 Å². The monoisotopic (exact) mass is 469 g/mol. The van der Waals surface area contributed by atoms with Crippen LogP contribution in [0.2, 0.25) is 0 Å². The first kappa shape index (κ1) is 23.8. The Labute approximate surface area is 201 Å². The molecule has 2 aromatic rings. The fourth-order valence-electron chi connectivity index (χ4n) is 5.01. The Morgan fingerprint density at radius 3 is 2.52 bits per heavy atom. The predicted molar refractivity (Wildman–Crippen MR) is 132 cm³/mol. The van der Waals surface area contributed by atoms with Crippen LogP contribution in [0.5, 0.6) is 5.75 Å². The number of benzene rings is 1. The SMILES string of the molecule is COc1ccc([C@H]2c3ccsc3CCN2CC(=O)N2CCN(C(=O)CC(C)C)[C@H](C)C2)cc1. The minimum atomic E-state index is 0.0520. The van der Waals surface area contributed by atoms with Gasteiger partial charge in [0.25, 0.3) is 0 Å². The smallest absolute Gasteiger partial charge is 0.236 e. The van der Waals surface area contributed by atoms with Gasteiger partial charge in [-0.2, -0.15) is 0 Å². The van der Waals surface area contributed by atoms with E-state index in [2.05, 4.69) is 49.3 Å². The Kier molecular flexibility index (Phi) is 7.39. The van der Waals surface area contributed by atoms with Gasteiger partial charge in [-0.15, -0.1) is 11.3 Å². The third-order valence-corrected chi connectivity index (χ3v) is 7.72. The summed E-state index contributed by atoms with van der Waals surface area (Å²) in [5.41, 5.74) is 2.49. The van der Waals surface area contributed by atoms with Crippen molar-refractivity contribution in [2.45, 2.75) is 45.7 Å². The van der Waals surface area contributed by atoms with Crippen LogP contribution in [-0.2, 0) is 16.0 Å². The molecule has 33 heavy (non-hydrogen) atoms. The average Bonchev–Trinajstić information content (AvgIpc) is 3.27. The highest BCUT2D eigenvalue weighted by Gasteiger charge is 2.34. The summed E-state index contributed by atoms with van der Waals surface area (Å²) in [4.78, 5) is 33.5. The molecule has 1 aromatic carbocycles. The number of carbonyl (C=O) groups excluding carboxylic acids is 2. The van der Waals surface area contributed by atoms with Gasteiger partial charge in [-0.3, -0.25) is 14.5 Å². The van der Waals surface area contributed by atoms with Crippen LogP contribution < -0.4 is 4.74 Å². The molecule has 0 unspecified atom stereocenters. The molecule has 178 valence electrons. The molecule has 0 radical (unpaired) electrons. The molecule has 1 fully saturated rings. The fourth-order valence-corrected chi connectivity index (χ4v) is 5.91. The summed E-state index contributed by atoms with van der Waals surface area (Å²) in [5, 5.41) is 2.15. The van der Waals surface area contributed by atoms with Crippen LogP contribution in [0.3, 0.4) is 0 Å². The lowest BCUT2D eigenvalue weighted by molar-refractivity contribution is -0.143. The molecule has 0 N–H and O–H groups in total. The standard InChI is InChI=1S/C26H35N3O3S/c1-18(2)15-24(30)29-13-12-27(16-19(29)3)25(31)17-28-11-9-23-22(10-14-33-23)26(28)20-5-7-21(32-4)8-6-20/h5-8,10,14,18-19,26H,9,11-13,15-17H2,1-4H3/t19-,26+/m1/s1. The maximum Gasteiger partial charge on any atom is 0.236 e. The number of thiophene rings is 1. The number of ether oxygens (including phenoxy) is 1. The average molecular weight is 470 g/mol. The molecule has 2 amide bonds. The molecule has 1 saturated heterocycles. The van der Waals surface area contributed by atoms with Gasteiger partial charge < -0.3 is 14.5 Å². The number of rotatable bonds is 6. The van der Waals surface area contributed by atoms with Gasteiger partial charge in [0.05, 0.1) is 19.7 Å². The van der Waals surface area contributed by atoms with Crippen molar-refractivity contribution in [1.29, 1.82) is 0 Å². The highest BCUT2D eigenvalue weighted by atomic mass is 32.1. The van der Waals surface area contributed by atoms with Crippen molar-refractivity contribution in [3.63, 3.8) is 0 Å². The molecule has 2 atom stereocenters. The van der Waals surface area contributed by atoms with Gasteiger partial charge in [0, 0.05) is 43.5 Å². The van der Waals surface area contributed by atoms with E-state index in [1.54, 1.807) is 18.4 Å². The van der Waals surface area contributed by atoms with Gasteiger partial charge in [-0.1, -0.05) is 26.0 Å². The van der Waals surface area contributed by atoms with E-state index in [1.165, 1.54) is 16.0 Å². The quantitative estimate of drug-likeness (QED) is 0.646. The predicted octanol–water partition coefficient (Wildman–Crippen LogP) is 3.81. The first-order valence-corrected chi connectivity index (χ1v) is 12.8. The molecular formula is C26H35N3O3S. The minimum Gasteiger partial charge on any atom is -0.497 e.